The van der Waals surface area contributed by atoms with E-state index in [4.69, 9.17) is 27.2 Å². The van der Waals surface area contributed by atoms with Crippen molar-refractivity contribution in [3.05, 3.63) is 95.2 Å². The molecule has 0 saturated carbocycles. The van der Waals surface area contributed by atoms with E-state index in [9.17, 15) is 18.0 Å². The van der Waals surface area contributed by atoms with Crippen molar-refractivity contribution in [2.45, 2.75) is 31.7 Å². The molecule has 0 fully saturated rings. The Morgan fingerprint density at radius 3 is 2.52 bits per heavy atom. The zero-order valence-electron chi connectivity index (χ0n) is 20.9. The third-order valence-electron chi connectivity index (χ3n) is 6.19. The highest BCUT2D eigenvalue weighted by Gasteiger charge is 2.45. The summed E-state index contributed by atoms with van der Waals surface area (Å²) in [6.45, 7) is 1.72. The van der Waals surface area contributed by atoms with Crippen LogP contribution in [0.2, 0.25) is 5.02 Å². The lowest BCUT2D eigenvalue weighted by atomic mass is 10.0. The second-order valence-corrected chi connectivity index (χ2v) is 9.50. The molecule has 2 aromatic carbocycles. The van der Waals surface area contributed by atoms with Gasteiger partial charge in [-0.05, 0) is 37.1 Å². The highest BCUT2D eigenvalue weighted by atomic mass is 35.5. The Kier molecular flexibility index (Phi) is 7.21. The van der Waals surface area contributed by atoms with Gasteiger partial charge in [-0.2, -0.15) is 18.3 Å². The van der Waals surface area contributed by atoms with Gasteiger partial charge in [-0.3, -0.25) is 9.20 Å². The van der Waals surface area contributed by atoms with Crippen LogP contribution in [-0.4, -0.2) is 47.4 Å². The van der Waals surface area contributed by atoms with Gasteiger partial charge in [-0.25, -0.2) is 14.6 Å². The lowest BCUT2D eigenvalue weighted by Gasteiger charge is -2.24. The second-order valence-electron chi connectivity index (χ2n) is 9.06. The molecular weight excluding hydrogens is 549 g/mol. The van der Waals surface area contributed by atoms with E-state index in [0.29, 0.717) is 17.0 Å². The largest absolute Gasteiger partial charge is 0.480 e. The van der Waals surface area contributed by atoms with E-state index in [1.807, 2.05) is 0 Å². The fourth-order valence-electron chi connectivity index (χ4n) is 4.25. The minimum absolute atomic E-state index is 0.0779. The molecule has 0 bridgehead atoms. The highest BCUT2D eigenvalue weighted by Crippen LogP contribution is 2.40. The molecule has 3 aromatic heterocycles. The normalized spacial score (nSPS) is 13.3. The van der Waals surface area contributed by atoms with Crippen LogP contribution in [0.5, 0.6) is 5.88 Å². The van der Waals surface area contributed by atoms with Gasteiger partial charge in [-0.1, -0.05) is 41.9 Å². The molecule has 13 heteroatoms. The number of carbonyl (C=O) groups is 1. The lowest BCUT2D eigenvalue weighted by Crippen LogP contribution is -2.32. The molecule has 3 N–H and O–H groups in total. The predicted molar refractivity (Wildman–Crippen MR) is 140 cm³/mol. The van der Waals surface area contributed by atoms with Crippen LogP contribution in [0.4, 0.5) is 13.2 Å². The summed E-state index contributed by atoms with van der Waals surface area (Å²) in [6, 6.07) is 11.6. The number of rotatable bonds is 8. The molecule has 0 radical (unpaired) electrons. The van der Waals surface area contributed by atoms with E-state index in [1.165, 1.54) is 35.3 Å². The van der Waals surface area contributed by atoms with Gasteiger partial charge in [0.05, 0.1) is 23.3 Å². The number of hydrogen-bond acceptors (Lipinski definition) is 6. The third-order valence-corrected chi connectivity index (χ3v) is 6.42. The number of aliphatic carboxylic acids is 1. The molecule has 0 aliphatic heterocycles. The van der Waals surface area contributed by atoms with Crippen molar-refractivity contribution in [3.8, 4) is 22.8 Å². The number of halogens is 4. The summed E-state index contributed by atoms with van der Waals surface area (Å²) in [5.41, 5.74) is 8.19. The van der Waals surface area contributed by atoms with Crippen LogP contribution in [0.25, 0.3) is 22.6 Å². The van der Waals surface area contributed by atoms with Crippen molar-refractivity contribution < 1.29 is 27.8 Å². The number of hydrogen-bond donors (Lipinski definition) is 2. The summed E-state index contributed by atoms with van der Waals surface area (Å²) < 4.78 is 51.8. The number of nitrogens with zero attached hydrogens (tertiary/aromatic N) is 5. The summed E-state index contributed by atoms with van der Waals surface area (Å²) in [5, 5.41) is 13.5. The van der Waals surface area contributed by atoms with E-state index >= 15 is 0 Å². The molecular formula is C27H22ClF3N6O3. The number of carboxylic acid groups (broad SMARTS) is 1. The number of ether oxygens (including phenoxy) is 1. The molecule has 0 saturated heterocycles. The van der Waals surface area contributed by atoms with E-state index in [1.54, 1.807) is 54.0 Å². The number of imidazole rings is 1. The van der Waals surface area contributed by atoms with Crippen LogP contribution in [0.1, 0.15) is 22.9 Å². The van der Waals surface area contributed by atoms with E-state index in [-0.39, 0.29) is 34.2 Å². The van der Waals surface area contributed by atoms with Crippen molar-refractivity contribution in [3.63, 3.8) is 0 Å². The Morgan fingerprint density at radius 2 is 1.88 bits per heavy atom. The van der Waals surface area contributed by atoms with Crippen LogP contribution < -0.4 is 10.5 Å². The average Bonchev–Trinajstić information content (AvgIpc) is 3.54. The standard InChI is InChI=1S/C27H22ClF3N6O3/c1-15-8-10-37(35-15)21-13-18(28)6-7-19(21)23(27(29,30)31)40-25-24-34-14-22(36(24)11-9-33-25)17-4-2-16(3-5-17)12-20(32)26(38)39/h2-11,13-14,20,23H,12,32H2,1H3,(H,38,39)/t20?,23-/m1/s1. The fraction of sp³-hybridized carbons (Fsp3) is 0.185. The lowest BCUT2D eigenvalue weighted by molar-refractivity contribution is -0.198. The molecule has 2 atom stereocenters. The first-order valence-corrected chi connectivity index (χ1v) is 12.3. The molecule has 40 heavy (non-hydrogen) atoms. The number of benzene rings is 2. The number of carboxylic acids is 1. The zero-order chi connectivity index (χ0) is 28.6. The second kappa shape index (κ2) is 10.6. The first-order valence-electron chi connectivity index (χ1n) is 12.0. The van der Waals surface area contributed by atoms with Crippen molar-refractivity contribution in [1.29, 1.82) is 0 Å². The molecule has 0 aliphatic carbocycles. The smallest absolute Gasteiger partial charge is 0.429 e. The number of fused-ring (bicyclic) bond motifs is 1. The Labute approximate surface area is 230 Å². The van der Waals surface area contributed by atoms with Crippen molar-refractivity contribution in [2.24, 2.45) is 5.73 Å². The minimum Gasteiger partial charge on any atom is -0.480 e. The van der Waals surface area contributed by atoms with Crippen molar-refractivity contribution in [2.75, 3.05) is 0 Å². The Hall–Kier alpha value is -4.42. The summed E-state index contributed by atoms with van der Waals surface area (Å²) in [4.78, 5) is 19.4. The van der Waals surface area contributed by atoms with Gasteiger partial charge in [0.1, 0.15) is 6.04 Å². The fourth-order valence-corrected chi connectivity index (χ4v) is 4.42. The highest BCUT2D eigenvalue weighted by molar-refractivity contribution is 6.30. The Bertz CT molecular complexity index is 1680. The SMILES string of the molecule is Cc1ccn(-c2cc(Cl)ccc2[C@@H](Oc2nccn3c(-c4ccc(CC(N)C(=O)O)cc4)cnc23)C(F)(F)F)n1. The van der Waals surface area contributed by atoms with Crippen LogP contribution in [-0.2, 0) is 11.2 Å². The molecule has 3 heterocycles. The molecule has 0 spiro atoms. The van der Waals surface area contributed by atoms with Gasteiger partial charge in [0.25, 0.3) is 5.88 Å². The quantitative estimate of drug-likeness (QED) is 0.264. The molecule has 206 valence electrons. The van der Waals surface area contributed by atoms with Crippen LogP contribution in [0.3, 0.4) is 0 Å². The van der Waals surface area contributed by atoms with E-state index < -0.39 is 24.3 Å². The van der Waals surface area contributed by atoms with Crippen LogP contribution >= 0.6 is 11.6 Å². The number of aryl methyl sites for hydroxylation is 1. The average molecular weight is 571 g/mol. The molecule has 5 rings (SSSR count). The Balaban J connectivity index is 1.51. The van der Waals surface area contributed by atoms with Crippen molar-refractivity contribution >= 4 is 23.2 Å². The van der Waals surface area contributed by atoms with Crippen molar-refractivity contribution in [1.82, 2.24) is 24.1 Å². The maximum absolute atomic E-state index is 14.5. The van der Waals surface area contributed by atoms with Gasteiger partial charge in [0.15, 0.2) is 0 Å². The van der Waals surface area contributed by atoms with E-state index in [0.717, 1.165) is 5.56 Å². The van der Waals surface area contributed by atoms with Crippen LogP contribution in [0, 0.1) is 6.92 Å². The molecule has 0 amide bonds. The molecule has 5 aromatic rings. The Morgan fingerprint density at radius 1 is 1.12 bits per heavy atom. The van der Waals surface area contributed by atoms with E-state index in [2.05, 4.69) is 15.1 Å². The third kappa shape index (κ3) is 5.49. The van der Waals surface area contributed by atoms with Gasteiger partial charge in [-0.15, -0.1) is 0 Å². The number of aromatic nitrogens is 5. The van der Waals surface area contributed by atoms with Gasteiger partial charge in [0.2, 0.25) is 11.8 Å². The number of alkyl halides is 3. The summed E-state index contributed by atoms with van der Waals surface area (Å²) in [6.07, 6.45) is -1.16. The van der Waals surface area contributed by atoms with Gasteiger partial charge >= 0.3 is 12.1 Å². The maximum Gasteiger partial charge on any atom is 0.429 e. The maximum atomic E-state index is 14.5. The zero-order valence-corrected chi connectivity index (χ0v) is 21.6. The molecule has 9 nitrogen and oxygen atoms in total. The van der Waals surface area contributed by atoms with Gasteiger partial charge < -0.3 is 15.6 Å². The number of nitrogens with two attached hydrogens (primary N) is 1. The summed E-state index contributed by atoms with van der Waals surface area (Å²) in [5.74, 6) is -1.42. The first kappa shape index (κ1) is 27.2. The van der Waals surface area contributed by atoms with Crippen LogP contribution in [0.15, 0.2) is 73.3 Å². The summed E-state index contributed by atoms with van der Waals surface area (Å²) in [7, 11) is 0. The molecule has 1 unspecified atom stereocenters. The monoisotopic (exact) mass is 570 g/mol. The predicted octanol–water partition coefficient (Wildman–Crippen LogP) is 5.18. The van der Waals surface area contributed by atoms with Gasteiger partial charge in [0, 0.05) is 34.7 Å². The first-order chi connectivity index (χ1) is 19.0. The topological polar surface area (TPSA) is 121 Å². The molecule has 0 aliphatic rings. The summed E-state index contributed by atoms with van der Waals surface area (Å²) >= 11 is 6.12. The minimum atomic E-state index is -4.82.